The number of anilines is 1. The molecule has 0 aromatic heterocycles. The molecule has 84 valence electrons. The highest BCUT2D eigenvalue weighted by molar-refractivity contribution is 5.97. The first-order chi connectivity index (χ1) is 7.77. The van der Waals surface area contributed by atoms with Gasteiger partial charge in [0.15, 0.2) is 0 Å². The SMILES string of the molecule is C=C[C@@H]1CCC(=O)N1c1ccccc1CO. The summed E-state index contributed by atoms with van der Waals surface area (Å²) in [6, 6.07) is 7.49. The first-order valence-corrected chi connectivity index (χ1v) is 5.41. The number of aliphatic hydroxyl groups excluding tert-OH is 1. The van der Waals surface area contributed by atoms with Crippen molar-refractivity contribution in [2.45, 2.75) is 25.5 Å². The molecule has 1 aromatic rings. The molecule has 0 spiro atoms. The highest BCUT2D eigenvalue weighted by Gasteiger charge is 2.30. The molecule has 2 rings (SSSR count). The van der Waals surface area contributed by atoms with Crippen molar-refractivity contribution >= 4 is 11.6 Å². The minimum Gasteiger partial charge on any atom is -0.392 e. The Labute approximate surface area is 95.0 Å². The van der Waals surface area contributed by atoms with Gasteiger partial charge in [0.2, 0.25) is 5.91 Å². The molecule has 1 N–H and O–H groups in total. The fourth-order valence-corrected chi connectivity index (χ4v) is 2.12. The number of carbonyl (C=O) groups excluding carboxylic acids is 1. The summed E-state index contributed by atoms with van der Waals surface area (Å²) in [4.78, 5) is 13.5. The van der Waals surface area contributed by atoms with Gasteiger partial charge in [0.1, 0.15) is 0 Å². The normalized spacial score (nSPS) is 20.2. The zero-order valence-corrected chi connectivity index (χ0v) is 9.10. The van der Waals surface area contributed by atoms with E-state index in [9.17, 15) is 9.90 Å². The second kappa shape index (κ2) is 4.49. The molecule has 3 heteroatoms. The van der Waals surface area contributed by atoms with Crippen LogP contribution >= 0.6 is 0 Å². The third-order valence-corrected chi connectivity index (χ3v) is 2.95. The summed E-state index contributed by atoms with van der Waals surface area (Å²) in [6.07, 6.45) is 3.15. The third-order valence-electron chi connectivity index (χ3n) is 2.95. The van der Waals surface area contributed by atoms with Gasteiger partial charge in [-0.3, -0.25) is 4.79 Å². The van der Waals surface area contributed by atoms with Crippen LogP contribution in [0.15, 0.2) is 36.9 Å². The summed E-state index contributed by atoms with van der Waals surface area (Å²) in [6.45, 7) is 3.70. The number of benzene rings is 1. The maximum atomic E-state index is 11.8. The maximum Gasteiger partial charge on any atom is 0.227 e. The van der Waals surface area contributed by atoms with Crippen LogP contribution in [0.1, 0.15) is 18.4 Å². The standard InChI is InChI=1S/C13H15NO2/c1-2-11-7-8-13(16)14(11)12-6-4-3-5-10(12)9-15/h2-6,11,15H,1,7-9H2/t11-/m1/s1. The lowest BCUT2D eigenvalue weighted by Crippen LogP contribution is -2.32. The summed E-state index contributed by atoms with van der Waals surface area (Å²) < 4.78 is 0. The molecule has 16 heavy (non-hydrogen) atoms. The van der Waals surface area contributed by atoms with Crippen molar-refractivity contribution in [1.29, 1.82) is 0 Å². The number of hydrogen-bond acceptors (Lipinski definition) is 2. The van der Waals surface area contributed by atoms with Gasteiger partial charge in [-0.2, -0.15) is 0 Å². The first-order valence-electron chi connectivity index (χ1n) is 5.41. The van der Waals surface area contributed by atoms with Crippen LogP contribution in [0.3, 0.4) is 0 Å². The van der Waals surface area contributed by atoms with Gasteiger partial charge >= 0.3 is 0 Å². The van der Waals surface area contributed by atoms with Crippen LogP contribution in [0, 0.1) is 0 Å². The molecule has 1 saturated heterocycles. The predicted octanol–water partition coefficient (Wildman–Crippen LogP) is 1.86. The van der Waals surface area contributed by atoms with Crippen molar-refractivity contribution in [2.75, 3.05) is 4.90 Å². The van der Waals surface area contributed by atoms with Crippen LogP contribution in [0.2, 0.25) is 0 Å². The summed E-state index contributed by atoms with van der Waals surface area (Å²) in [5.41, 5.74) is 1.59. The lowest BCUT2D eigenvalue weighted by molar-refractivity contribution is -0.117. The van der Waals surface area contributed by atoms with Gasteiger partial charge in [-0.1, -0.05) is 24.3 Å². The van der Waals surface area contributed by atoms with Gasteiger partial charge in [0.25, 0.3) is 0 Å². The molecule has 1 fully saturated rings. The number of nitrogens with zero attached hydrogens (tertiary/aromatic N) is 1. The molecule has 0 bridgehead atoms. The average molecular weight is 217 g/mol. The molecule has 1 atom stereocenters. The first kappa shape index (κ1) is 10.9. The van der Waals surface area contributed by atoms with Crippen molar-refractivity contribution in [3.63, 3.8) is 0 Å². The molecule has 1 aromatic carbocycles. The predicted molar refractivity (Wildman–Crippen MR) is 63.1 cm³/mol. The molecule has 0 saturated carbocycles. The van der Waals surface area contributed by atoms with Gasteiger partial charge < -0.3 is 10.0 Å². The topological polar surface area (TPSA) is 40.5 Å². The maximum absolute atomic E-state index is 11.8. The van der Waals surface area contributed by atoms with Crippen LogP contribution < -0.4 is 4.90 Å². The van der Waals surface area contributed by atoms with Gasteiger partial charge in [-0.05, 0) is 12.5 Å². The fourth-order valence-electron chi connectivity index (χ4n) is 2.12. The van der Waals surface area contributed by atoms with Crippen LogP contribution in [-0.4, -0.2) is 17.1 Å². The summed E-state index contributed by atoms with van der Waals surface area (Å²) in [5, 5.41) is 9.26. The molecule has 3 nitrogen and oxygen atoms in total. The number of aliphatic hydroxyl groups is 1. The number of hydrogen-bond donors (Lipinski definition) is 1. The Morgan fingerprint density at radius 2 is 2.25 bits per heavy atom. The molecule has 1 amide bonds. The van der Waals surface area contributed by atoms with E-state index in [1.54, 1.807) is 11.0 Å². The minimum atomic E-state index is -0.0518. The Morgan fingerprint density at radius 1 is 1.50 bits per heavy atom. The van der Waals surface area contributed by atoms with E-state index >= 15 is 0 Å². The van der Waals surface area contributed by atoms with Gasteiger partial charge in [-0.15, -0.1) is 6.58 Å². The number of carbonyl (C=O) groups is 1. The Hall–Kier alpha value is -1.61. The highest BCUT2D eigenvalue weighted by Crippen LogP contribution is 2.29. The quantitative estimate of drug-likeness (QED) is 0.785. The smallest absolute Gasteiger partial charge is 0.227 e. The summed E-state index contributed by atoms with van der Waals surface area (Å²) in [5.74, 6) is 0.103. The van der Waals surface area contributed by atoms with Crippen LogP contribution in [0.4, 0.5) is 5.69 Å². The lowest BCUT2D eigenvalue weighted by Gasteiger charge is -2.24. The van der Waals surface area contributed by atoms with Gasteiger partial charge in [0, 0.05) is 17.7 Å². The van der Waals surface area contributed by atoms with Crippen molar-refractivity contribution in [3.8, 4) is 0 Å². The molecule has 0 unspecified atom stereocenters. The van der Waals surface area contributed by atoms with E-state index in [4.69, 9.17) is 0 Å². The van der Waals surface area contributed by atoms with Crippen molar-refractivity contribution in [2.24, 2.45) is 0 Å². The highest BCUT2D eigenvalue weighted by atomic mass is 16.3. The molecular formula is C13H15NO2. The van der Waals surface area contributed by atoms with E-state index < -0.39 is 0 Å². The second-order valence-corrected chi connectivity index (χ2v) is 3.89. The van der Waals surface area contributed by atoms with Crippen molar-refractivity contribution in [3.05, 3.63) is 42.5 Å². The van der Waals surface area contributed by atoms with Crippen LogP contribution in [-0.2, 0) is 11.4 Å². The monoisotopic (exact) mass is 217 g/mol. The largest absolute Gasteiger partial charge is 0.392 e. The van der Waals surface area contributed by atoms with E-state index in [2.05, 4.69) is 6.58 Å². The van der Waals surface area contributed by atoms with E-state index in [0.717, 1.165) is 17.7 Å². The minimum absolute atomic E-state index is 0.0518. The van der Waals surface area contributed by atoms with E-state index in [-0.39, 0.29) is 18.6 Å². The average Bonchev–Trinajstić information content (AvgIpc) is 2.70. The zero-order valence-electron chi connectivity index (χ0n) is 9.10. The summed E-state index contributed by atoms with van der Waals surface area (Å²) in [7, 11) is 0. The second-order valence-electron chi connectivity index (χ2n) is 3.89. The number of amides is 1. The van der Waals surface area contributed by atoms with E-state index in [1.165, 1.54) is 0 Å². The molecule has 1 heterocycles. The number of para-hydroxylation sites is 1. The molecule has 1 aliphatic rings. The Kier molecular flexibility index (Phi) is 3.06. The van der Waals surface area contributed by atoms with Crippen LogP contribution in [0.5, 0.6) is 0 Å². The molecule has 0 radical (unpaired) electrons. The van der Waals surface area contributed by atoms with E-state index in [0.29, 0.717) is 6.42 Å². The lowest BCUT2D eigenvalue weighted by atomic mass is 10.1. The van der Waals surface area contributed by atoms with Crippen LogP contribution in [0.25, 0.3) is 0 Å². The van der Waals surface area contributed by atoms with E-state index in [1.807, 2.05) is 24.3 Å². The molecular weight excluding hydrogens is 202 g/mol. The third kappa shape index (κ3) is 1.74. The molecule has 0 aliphatic carbocycles. The number of rotatable bonds is 3. The summed E-state index contributed by atoms with van der Waals surface area (Å²) >= 11 is 0. The molecule has 1 aliphatic heterocycles. The zero-order chi connectivity index (χ0) is 11.5. The Morgan fingerprint density at radius 3 is 2.94 bits per heavy atom. The van der Waals surface area contributed by atoms with Gasteiger partial charge in [0.05, 0.1) is 12.6 Å². The Bertz CT molecular complexity index is 414. The van der Waals surface area contributed by atoms with Gasteiger partial charge in [-0.25, -0.2) is 0 Å². The van der Waals surface area contributed by atoms with Crippen molar-refractivity contribution < 1.29 is 9.90 Å². The van der Waals surface area contributed by atoms with Crippen molar-refractivity contribution in [1.82, 2.24) is 0 Å². The fraction of sp³-hybridized carbons (Fsp3) is 0.308. The Balaban J connectivity index is 2.41.